The van der Waals surface area contributed by atoms with Gasteiger partial charge in [-0.3, -0.25) is 4.78 Å². The normalized spacial score (nSPS) is 26.5. The van der Waals surface area contributed by atoms with E-state index >= 15 is 0 Å². The maximum Gasteiger partial charge on any atom is 0.409 e. The summed E-state index contributed by atoms with van der Waals surface area (Å²) in [4.78, 5) is 12.8. The van der Waals surface area contributed by atoms with Gasteiger partial charge in [0.05, 0.1) is 6.61 Å². The van der Waals surface area contributed by atoms with Crippen molar-refractivity contribution in [3.8, 4) is 0 Å². The van der Waals surface area contributed by atoms with Crippen molar-refractivity contribution in [3.63, 3.8) is 0 Å². The van der Waals surface area contributed by atoms with Crippen molar-refractivity contribution in [2.75, 3.05) is 31.2 Å². The number of nitrogens with one attached hydrogen (secondary N) is 1. The van der Waals surface area contributed by atoms with Crippen LogP contribution in [-0.4, -0.2) is 46.4 Å². The predicted molar refractivity (Wildman–Crippen MR) is 51.6 cm³/mol. The van der Waals surface area contributed by atoms with Gasteiger partial charge in [0.1, 0.15) is 0 Å². The van der Waals surface area contributed by atoms with Gasteiger partial charge < -0.3 is 9.64 Å². The number of ether oxygens (including phenoxy) is 1. The number of amides is 1. The highest BCUT2D eigenvalue weighted by Gasteiger charge is 2.55. The number of carbonyl (C=O) groups is 1. The lowest BCUT2D eigenvalue weighted by Gasteiger charge is -2.55. The minimum Gasteiger partial charge on any atom is -0.450 e. The zero-order valence-electron chi connectivity index (χ0n) is 8.12. The second kappa shape index (κ2) is 2.85. The maximum atomic E-state index is 11.2. The van der Waals surface area contributed by atoms with E-state index < -0.39 is 9.73 Å². The molecule has 0 unspecified atom stereocenters. The predicted octanol–water partition coefficient (Wildman–Crippen LogP) is 0.505. The third-order valence-corrected chi connectivity index (χ3v) is 4.81. The molecule has 80 valence electrons. The van der Waals surface area contributed by atoms with Crippen molar-refractivity contribution in [2.24, 2.45) is 5.41 Å². The molecule has 6 heteroatoms. The summed E-state index contributed by atoms with van der Waals surface area (Å²) in [6, 6.07) is 0. The van der Waals surface area contributed by atoms with Crippen LogP contribution in [0.3, 0.4) is 0 Å². The fourth-order valence-electron chi connectivity index (χ4n) is 2.24. The Kier molecular flexibility index (Phi) is 1.99. The smallest absolute Gasteiger partial charge is 0.409 e. The molecule has 0 aliphatic carbocycles. The molecular formula is C8H14N2O3S. The molecule has 1 N–H and O–H groups in total. The molecule has 5 nitrogen and oxygen atoms in total. The van der Waals surface area contributed by atoms with Crippen LogP contribution in [0.2, 0.25) is 0 Å². The van der Waals surface area contributed by atoms with Gasteiger partial charge in [-0.1, -0.05) is 0 Å². The summed E-state index contributed by atoms with van der Waals surface area (Å²) in [5, 5.41) is 0. The first-order valence-corrected chi connectivity index (χ1v) is 6.52. The zero-order chi connectivity index (χ0) is 10.4. The van der Waals surface area contributed by atoms with Gasteiger partial charge in [-0.2, -0.15) is 0 Å². The van der Waals surface area contributed by atoms with Crippen LogP contribution in [0, 0.1) is 10.2 Å². The van der Waals surface area contributed by atoms with Crippen molar-refractivity contribution in [2.45, 2.75) is 6.92 Å². The second-order valence-electron chi connectivity index (χ2n) is 4.16. The highest BCUT2D eigenvalue weighted by molar-refractivity contribution is 7.93. The first-order chi connectivity index (χ1) is 6.46. The monoisotopic (exact) mass is 218 g/mol. The summed E-state index contributed by atoms with van der Waals surface area (Å²) < 4.78 is 23.3. The van der Waals surface area contributed by atoms with Gasteiger partial charge in [-0.15, -0.1) is 0 Å². The minimum atomic E-state index is -2.29. The number of carbonyl (C=O) groups excluding carboxylic acids is 1. The molecule has 0 aromatic carbocycles. The first kappa shape index (κ1) is 9.76. The number of likely N-dealkylation sites (tertiary alicyclic amines) is 1. The summed E-state index contributed by atoms with van der Waals surface area (Å²) in [6.45, 7) is 3.38. The van der Waals surface area contributed by atoms with Crippen LogP contribution in [0.25, 0.3) is 0 Å². The van der Waals surface area contributed by atoms with Crippen molar-refractivity contribution in [1.29, 1.82) is 4.78 Å². The highest BCUT2D eigenvalue weighted by atomic mass is 32.2. The molecule has 2 aliphatic rings. The third kappa shape index (κ3) is 1.47. The highest BCUT2D eigenvalue weighted by Crippen LogP contribution is 2.41. The Morgan fingerprint density at radius 1 is 1.57 bits per heavy atom. The maximum absolute atomic E-state index is 11.2. The summed E-state index contributed by atoms with van der Waals surface area (Å²) in [5.41, 5.74) is -0.00834. The van der Waals surface area contributed by atoms with Crippen molar-refractivity contribution >= 4 is 15.8 Å². The molecule has 0 aromatic rings. The summed E-state index contributed by atoms with van der Waals surface area (Å²) in [7, 11) is -2.29. The number of hydrogen-bond acceptors (Lipinski definition) is 4. The minimum absolute atomic E-state index is 0.00834. The summed E-state index contributed by atoms with van der Waals surface area (Å²) in [5.74, 6) is 0.909. The molecule has 0 bridgehead atoms. The van der Waals surface area contributed by atoms with E-state index in [1.807, 2.05) is 0 Å². The molecule has 14 heavy (non-hydrogen) atoms. The van der Waals surface area contributed by atoms with Crippen LogP contribution in [-0.2, 0) is 14.5 Å². The third-order valence-electron chi connectivity index (χ3n) is 2.66. The van der Waals surface area contributed by atoms with Crippen LogP contribution in [0.15, 0.2) is 0 Å². The average Bonchev–Trinajstić information content (AvgIpc) is 1.95. The van der Waals surface area contributed by atoms with Crippen LogP contribution in [0.1, 0.15) is 6.92 Å². The molecule has 2 aliphatic heterocycles. The van der Waals surface area contributed by atoms with Crippen molar-refractivity contribution < 1.29 is 13.7 Å². The van der Waals surface area contributed by atoms with E-state index in [1.165, 1.54) is 0 Å². The van der Waals surface area contributed by atoms with Gasteiger partial charge in [0.15, 0.2) is 0 Å². The molecule has 2 heterocycles. The summed E-state index contributed by atoms with van der Waals surface area (Å²) >= 11 is 0. The second-order valence-corrected chi connectivity index (χ2v) is 6.36. The Morgan fingerprint density at radius 3 is 2.57 bits per heavy atom. The fourth-order valence-corrected chi connectivity index (χ4v) is 4.50. The Hall–Kier alpha value is -0.780. The van der Waals surface area contributed by atoms with E-state index in [0.29, 0.717) is 31.2 Å². The Morgan fingerprint density at radius 2 is 2.14 bits per heavy atom. The van der Waals surface area contributed by atoms with E-state index in [-0.39, 0.29) is 11.5 Å². The van der Waals surface area contributed by atoms with E-state index in [4.69, 9.17) is 9.52 Å². The molecule has 0 radical (unpaired) electrons. The lowest BCUT2D eigenvalue weighted by Crippen LogP contribution is -2.69. The Labute approximate surface area is 83.4 Å². The SMILES string of the molecule is CCOC(=O)N1CC2(C1)CS(=N)(=O)C2. The molecule has 1 spiro atoms. The Bertz CT molecular complexity index is 343. The van der Waals surface area contributed by atoms with Crippen molar-refractivity contribution in [3.05, 3.63) is 0 Å². The van der Waals surface area contributed by atoms with Crippen molar-refractivity contribution in [1.82, 2.24) is 4.90 Å². The lowest BCUT2D eigenvalue weighted by atomic mass is 9.83. The molecular weight excluding hydrogens is 204 g/mol. The number of nitrogens with zero attached hydrogens (tertiary/aromatic N) is 1. The summed E-state index contributed by atoms with van der Waals surface area (Å²) in [6.07, 6.45) is -0.290. The molecule has 1 amide bonds. The topological polar surface area (TPSA) is 70.5 Å². The van der Waals surface area contributed by atoms with Crippen LogP contribution in [0.5, 0.6) is 0 Å². The quantitative estimate of drug-likeness (QED) is 0.697. The molecule has 0 aromatic heterocycles. The molecule has 0 saturated carbocycles. The molecule has 2 rings (SSSR count). The van der Waals surface area contributed by atoms with Gasteiger partial charge >= 0.3 is 6.09 Å². The molecule has 0 atom stereocenters. The fraction of sp³-hybridized carbons (Fsp3) is 0.875. The van der Waals surface area contributed by atoms with Gasteiger partial charge in [-0.05, 0) is 6.92 Å². The standard InChI is InChI=1S/C8H14N2O3S/c1-2-13-7(11)10-3-8(4-10)5-14(9,12)6-8/h9H,2-6H2,1H3. The van der Waals surface area contributed by atoms with Crippen LogP contribution in [0.4, 0.5) is 4.79 Å². The van der Waals surface area contributed by atoms with E-state index in [1.54, 1.807) is 11.8 Å². The van der Waals surface area contributed by atoms with Gasteiger partial charge in [0, 0.05) is 39.7 Å². The molecule has 2 saturated heterocycles. The number of rotatable bonds is 1. The van der Waals surface area contributed by atoms with E-state index in [0.717, 1.165) is 0 Å². The zero-order valence-corrected chi connectivity index (χ0v) is 8.93. The van der Waals surface area contributed by atoms with Crippen LogP contribution < -0.4 is 0 Å². The van der Waals surface area contributed by atoms with Crippen LogP contribution >= 0.6 is 0 Å². The van der Waals surface area contributed by atoms with E-state index in [9.17, 15) is 9.00 Å². The average molecular weight is 218 g/mol. The Balaban J connectivity index is 1.83. The van der Waals surface area contributed by atoms with Gasteiger partial charge in [-0.25, -0.2) is 9.00 Å². The first-order valence-electron chi connectivity index (χ1n) is 4.62. The van der Waals surface area contributed by atoms with Gasteiger partial charge in [0.25, 0.3) is 0 Å². The lowest BCUT2D eigenvalue weighted by molar-refractivity contribution is 0.0158. The largest absolute Gasteiger partial charge is 0.450 e. The number of hydrogen-bond donors (Lipinski definition) is 1. The molecule has 2 fully saturated rings. The van der Waals surface area contributed by atoms with Gasteiger partial charge in [0.2, 0.25) is 0 Å². The van der Waals surface area contributed by atoms with E-state index in [2.05, 4.69) is 0 Å².